The van der Waals surface area contributed by atoms with E-state index < -0.39 is 0 Å². The number of benzene rings is 2. The van der Waals surface area contributed by atoms with Gasteiger partial charge in [0.15, 0.2) is 24.8 Å². The van der Waals surface area contributed by atoms with Crippen molar-refractivity contribution >= 4 is 21.5 Å². The van der Waals surface area contributed by atoms with Gasteiger partial charge >= 0.3 is 0 Å². The van der Waals surface area contributed by atoms with Crippen LogP contribution in [0, 0.1) is 0 Å². The Morgan fingerprint density at radius 3 is 1.00 bits per heavy atom. The molecule has 2 heterocycles. The molecule has 4 aromatic rings. The summed E-state index contributed by atoms with van der Waals surface area (Å²) >= 11 is 0. The largest absolute Gasteiger partial charge is 0.205 e. The first kappa shape index (κ1) is 26.3. The Bertz CT molecular complexity index is 1070. The number of unbranched alkanes of at least 4 members (excludes halogenated alkanes) is 13. The van der Waals surface area contributed by atoms with Gasteiger partial charge in [0.2, 0.25) is 0 Å². The second kappa shape index (κ2) is 15.4. The topological polar surface area (TPSA) is 7.76 Å². The number of nitrogens with zero attached hydrogens (tertiary/aromatic N) is 2. The number of hydrogen-bond acceptors (Lipinski definition) is 0. The van der Waals surface area contributed by atoms with Crippen molar-refractivity contribution in [3.8, 4) is 0 Å². The Morgan fingerprint density at radius 1 is 0.333 bits per heavy atom. The molecule has 2 nitrogen and oxygen atoms in total. The molecule has 2 aromatic carbocycles. The minimum atomic E-state index is 1.15. The van der Waals surface area contributed by atoms with Crippen LogP contribution in [0.25, 0.3) is 21.5 Å². The van der Waals surface area contributed by atoms with Crippen molar-refractivity contribution in [1.82, 2.24) is 0 Å². The molecular weight excluding hydrogens is 436 g/mol. The number of aryl methyl sites for hydroxylation is 2. The molecular formula is C34H46N2+2. The quantitative estimate of drug-likeness (QED) is 0.105. The van der Waals surface area contributed by atoms with Gasteiger partial charge < -0.3 is 0 Å². The average Bonchev–Trinajstić information content (AvgIpc) is 2.92. The van der Waals surface area contributed by atoms with Crippen LogP contribution in [-0.2, 0) is 13.1 Å². The lowest BCUT2D eigenvalue weighted by Gasteiger charge is -2.03. The zero-order valence-corrected chi connectivity index (χ0v) is 22.3. The van der Waals surface area contributed by atoms with E-state index in [9.17, 15) is 0 Å². The molecule has 0 saturated carbocycles. The summed E-state index contributed by atoms with van der Waals surface area (Å²) in [5.41, 5.74) is 0. The maximum Gasteiger partial charge on any atom is 0.176 e. The molecule has 2 aromatic heterocycles. The monoisotopic (exact) mass is 482 g/mol. The molecule has 0 amide bonds. The molecule has 0 bridgehead atoms. The summed E-state index contributed by atoms with van der Waals surface area (Å²) in [6.07, 6.45) is 28.6. The molecule has 4 rings (SSSR count). The number of rotatable bonds is 17. The standard InChI is InChI=1S/C34H46N2/c1(3-5-7-9-11-17-25-35-27-23-31-19-13-15-21-33(31)29-35)2-4-6-8-10-12-18-26-36-28-24-32-20-14-16-22-34(32)30-36/h13-16,19-24,27-30H,1-12,17-18,25-26H2/q+2. The maximum absolute atomic E-state index is 2.35. The molecule has 2 heteroatoms. The fourth-order valence-corrected chi connectivity index (χ4v) is 5.34. The number of fused-ring (bicyclic) bond motifs is 2. The minimum absolute atomic E-state index is 1.15. The summed E-state index contributed by atoms with van der Waals surface area (Å²) in [5.74, 6) is 0. The van der Waals surface area contributed by atoms with Crippen molar-refractivity contribution in [2.75, 3.05) is 0 Å². The van der Waals surface area contributed by atoms with E-state index in [1.165, 1.54) is 111 Å². The summed E-state index contributed by atoms with van der Waals surface area (Å²) in [5, 5.41) is 5.36. The molecule has 0 radical (unpaired) electrons. The third-order valence-corrected chi connectivity index (χ3v) is 7.58. The minimum Gasteiger partial charge on any atom is -0.205 e. The predicted octanol–water partition coefficient (Wildman–Crippen LogP) is 8.73. The normalized spacial score (nSPS) is 11.4. The summed E-state index contributed by atoms with van der Waals surface area (Å²) < 4.78 is 4.71. The van der Waals surface area contributed by atoms with E-state index >= 15 is 0 Å². The number of hydrogen-bond donors (Lipinski definition) is 0. The van der Waals surface area contributed by atoms with Crippen molar-refractivity contribution in [3.05, 3.63) is 85.5 Å². The van der Waals surface area contributed by atoms with Gasteiger partial charge in [-0.25, -0.2) is 9.13 Å². The second-order valence-electron chi connectivity index (χ2n) is 10.6. The Morgan fingerprint density at radius 2 is 0.639 bits per heavy atom. The number of aromatic nitrogens is 2. The van der Waals surface area contributed by atoms with Gasteiger partial charge in [-0.3, -0.25) is 0 Å². The van der Waals surface area contributed by atoms with Crippen LogP contribution >= 0.6 is 0 Å². The van der Waals surface area contributed by atoms with Crippen LogP contribution in [0.15, 0.2) is 85.5 Å². The summed E-state index contributed by atoms with van der Waals surface area (Å²) in [6.45, 7) is 2.29. The summed E-state index contributed by atoms with van der Waals surface area (Å²) in [6, 6.07) is 21.7. The molecule has 0 aliphatic rings. The van der Waals surface area contributed by atoms with Crippen LogP contribution in [0.2, 0.25) is 0 Å². The van der Waals surface area contributed by atoms with Crippen molar-refractivity contribution < 1.29 is 9.13 Å². The van der Waals surface area contributed by atoms with Gasteiger partial charge in [-0.2, -0.15) is 0 Å². The Balaban J connectivity index is 0.911. The first-order chi connectivity index (χ1) is 17.9. The maximum atomic E-state index is 2.35. The van der Waals surface area contributed by atoms with Gasteiger partial charge in [0.25, 0.3) is 0 Å². The Labute approximate surface area is 219 Å². The molecule has 0 aliphatic heterocycles. The van der Waals surface area contributed by atoms with Crippen LogP contribution in [0.1, 0.15) is 89.9 Å². The molecule has 36 heavy (non-hydrogen) atoms. The molecule has 190 valence electrons. The highest BCUT2D eigenvalue weighted by Crippen LogP contribution is 2.14. The molecule has 0 saturated heterocycles. The lowest BCUT2D eigenvalue weighted by Crippen LogP contribution is -2.32. The van der Waals surface area contributed by atoms with E-state index in [1.807, 2.05) is 0 Å². The van der Waals surface area contributed by atoms with E-state index in [0.29, 0.717) is 0 Å². The zero-order chi connectivity index (χ0) is 24.7. The molecule has 0 aliphatic carbocycles. The van der Waals surface area contributed by atoms with Gasteiger partial charge in [-0.05, 0) is 35.7 Å². The molecule has 0 unspecified atom stereocenters. The SMILES string of the molecule is c1ccc2c[n+](CCCCCCCCCCCCCCCC[n+]3ccc4ccccc4c3)ccc2c1. The van der Waals surface area contributed by atoms with Crippen molar-refractivity contribution in [2.24, 2.45) is 0 Å². The molecule has 0 spiro atoms. The number of pyridine rings is 2. The van der Waals surface area contributed by atoms with Crippen LogP contribution in [0.4, 0.5) is 0 Å². The van der Waals surface area contributed by atoms with Gasteiger partial charge in [0, 0.05) is 35.7 Å². The van der Waals surface area contributed by atoms with E-state index in [1.54, 1.807) is 0 Å². The van der Waals surface area contributed by atoms with Crippen molar-refractivity contribution in [3.63, 3.8) is 0 Å². The van der Waals surface area contributed by atoms with Crippen LogP contribution < -0.4 is 9.13 Å². The summed E-state index contributed by atoms with van der Waals surface area (Å²) in [4.78, 5) is 0. The Hall–Kier alpha value is -2.74. The fraction of sp³-hybridized carbons (Fsp3) is 0.471. The third kappa shape index (κ3) is 9.04. The first-order valence-electron chi connectivity index (χ1n) is 14.6. The van der Waals surface area contributed by atoms with Crippen LogP contribution in [-0.4, -0.2) is 0 Å². The second-order valence-corrected chi connectivity index (χ2v) is 10.6. The highest BCUT2D eigenvalue weighted by molar-refractivity contribution is 5.80. The smallest absolute Gasteiger partial charge is 0.176 e. The van der Waals surface area contributed by atoms with Gasteiger partial charge in [0.05, 0.1) is 0 Å². The van der Waals surface area contributed by atoms with E-state index in [2.05, 4.69) is 94.6 Å². The fourth-order valence-electron chi connectivity index (χ4n) is 5.34. The van der Waals surface area contributed by atoms with E-state index in [0.717, 1.165) is 13.1 Å². The first-order valence-corrected chi connectivity index (χ1v) is 14.6. The summed E-state index contributed by atoms with van der Waals surface area (Å²) in [7, 11) is 0. The van der Waals surface area contributed by atoms with E-state index in [4.69, 9.17) is 0 Å². The molecule has 0 atom stereocenters. The third-order valence-electron chi connectivity index (χ3n) is 7.58. The van der Waals surface area contributed by atoms with Gasteiger partial charge in [0.1, 0.15) is 13.1 Å². The lowest BCUT2D eigenvalue weighted by molar-refractivity contribution is -0.696. The van der Waals surface area contributed by atoms with Crippen LogP contribution in [0.5, 0.6) is 0 Å². The van der Waals surface area contributed by atoms with Gasteiger partial charge in [-0.1, -0.05) is 101 Å². The average molecular weight is 483 g/mol. The predicted molar refractivity (Wildman–Crippen MR) is 153 cm³/mol. The van der Waals surface area contributed by atoms with Crippen LogP contribution in [0.3, 0.4) is 0 Å². The zero-order valence-electron chi connectivity index (χ0n) is 22.3. The lowest BCUT2D eigenvalue weighted by atomic mass is 10.0. The highest BCUT2D eigenvalue weighted by atomic mass is 14.9. The van der Waals surface area contributed by atoms with Crippen molar-refractivity contribution in [2.45, 2.75) is 103 Å². The van der Waals surface area contributed by atoms with Gasteiger partial charge in [-0.15, -0.1) is 0 Å². The Kier molecular flexibility index (Phi) is 11.3. The molecule has 0 fully saturated rings. The molecule has 0 N–H and O–H groups in total. The van der Waals surface area contributed by atoms with E-state index in [-0.39, 0.29) is 0 Å². The highest BCUT2D eigenvalue weighted by Gasteiger charge is 2.04. The van der Waals surface area contributed by atoms with Crippen molar-refractivity contribution in [1.29, 1.82) is 0 Å².